The number of nitrogens with zero attached hydrogens (tertiary/aromatic N) is 2. The van der Waals surface area contributed by atoms with Crippen molar-refractivity contribution < 1.29 is 13.9 Å². The van der Waals surface area contributed by atoms with Crippen molar-refractivity contribution >= 4 is 11.6 Å². The van der Waals surface area contributed by atoms with Gasteiger partial charge >= 0.3 is 0 Å². The average Bonchev–Trinajstić information content (AvgIpc) is 2.35. The largest absolute Gasteiger partial charge is 0.385 e. The van der Waals surface area contributed by atoms with Crippen LogP contribution >= 0.6 is 0 Å². The van der Waals surface area contributed by atoms with Crippen LogP contribution in [0, 0.1) is 0 Å². The van der Waals surface area contributed by atoms with Gasteiger partial charge in [0.2, 0.25) is 0 Å². The van der Waals surface area contributed by atoms with Gasteiger partial charge in [-0.15, -0.1) is 0 Å². The van der Waals surface area contributed by atoms with Crippen LogP contribution in [0.5, 0.6) is 0 Å². The van der Waals surface area contributed by atoms with Crippen molar-refractivity contribution in [2.24, 2.45) is 0 Å². The monoisotopic (exact) mass is 274 g/mol. The van der Waals surface area contributed by atoms with Crippen LogP contribution < -0.4 is 10.6 Å². The van der Waals surface area contributed by atoms with Crippen molar-refractivity contribution in [1.29, 1.82) is 0 Å². The second-order valence-electron chi connectivity index (χ2n) is 4.46. The standard InChI is InChI=1S/C12H20F2N4O/c1-4-15-9-5-10(16-6-8(19)11(13)14)18-12(17-9)7(2)3/h5,7-8,11,19H,4,6H2,1-3H3,(H2,15,16,17,18). The molecule has 0 aliphatic rings. The van der Waals surface area contributed by atoms with Crippen LogP contribution in [-0.2, 0) is 0 Å². The zero-order valence-corrected chi connectivity index (χ0v) is 11.3. The smallest absolute Gasteiger partial charge is 0.265 e. The Morgan fingerprint density at radius 2 is 1.79 bits per heavy atom. The number of aliphatic hydroxyl groups excluding tert-OH is 1. The molecular weight excluding hydrogens is 254 g/mol. The second kappa shape index (κ2) is 7.18. The summed E-state index contributed by atoms with van der Waals surface area (Å²) >= 11 is 0. The van der Waals surface area contributed by atoms with Crippen LogP contribution in [0.15, 0.2) is 6.07 Å². The molecule has 19 heavy (non-hydrogen) atoms. The first-order valence-corrected chi connectivity index (χ1v) is 6.27. The van der Waals surface area contributed by atoms with E-state index in [1.165, 1.54) is 0 Å². The first kappa shape index (κ1) is 15.6. The molecule has 0 saturated carbocycles. The number of halogens is 2. The molecule has 0 saturated heterocycles. The number of hydrogen-bond donors (Lipinski definition) is 3. The molecule has 0 aliphatic carbocycles. The minimum absolute atomic E-state index is 0.124. The van der Waals surface area contributed by atoms with E-state index in [4.69, 9.17) is 5.11 Å². The van der Waals surface area contributed by atoms with Gasteiger partial charge in [0, 0.05) is 25.1 Å². The van der Waals surface area contributed by atoms with E-state index in [0.29, 0.717) is 24.0 Å². The Kier molecular flexibility index (Phi) is 5.88. The van der Waals surface area contributed by atoms with Crippen LogP contribution in [0.1, 0.15) is 32.5 Å². The number of aromatic nitrogens is 2. The van der Waals surface area contributed by atoms with Gasteiger partial charge < -0.3 is 15.7 Å². The molecule has 7 heteroatoms. The molecule has 0 amide bonds. The van der Waals surface area contributed by atoms with Crippen molar-refractivity contribution in [3.63, 3.8) is 0 Å². The van der Waals surface area contributed by atoms with Gasteiger partial charge in [-0.25, -0.2) is 18.7 Å². The summed E-state index contributed by atoms with van der Waals surface area (Å²) in [5, 5.41) is 14.8. The van der Waals surface area contributed by atoms with Crippen molar-refractivity contribution in [3.8, 4) is 0 Å². The number of alkyl halides is 2. The first-order valence-electron chi connectivity index (χ1n) is 6.27. The summed E-state index contributed by atoms with van der Waals surface area (Å²) in [6, 6.07) is 1.63. The molecule has 1 unspecified atom stereocenters. The quantitative estimate of drug-likeness (QED) is 0.710. The van der Waals surface area contributed by atoms with Crippen LogP contribution in [0.3, 0.4) is 0 Å². The van der Waals surface area contributed by atoms with Crippen LogP contribution in [0.4, 0.5) is 20.4 Å². The summed E-state index contributed by atoms with van der Waals surface area (Å²) < 4.78 is 24.4. The van der Waals surface area contributed by atoms with Gasteiger partial charge in [-0.3, -0.25) is 0 Å². The molecule has 3 N–H and O–H groups in total. The molecule has 1 aromatic heterocycles. The molecule has 1 aromatic rings. The summed E-state index contributed by atoms with van der Waals surface area (Å²) in [5.74, 6) is 1.80. The second-order valence-corrected chi connectivity index (χ2v) is 4.46. The maximum Gasteiger partial charge on any atom is 0.265 e. The van der Waals surface area contributed by atoms with Gasteiger partial charge in [-0.2, -0.15) is 0 Å². The molecule has 0 fully saturated rings. The number of aliphatic hydroxyl groups is 1. The van der Waals surface area contributed by atoms with E-state index in [2.05, 4.69) is 20.6 Å². The number of hydrogen-bond acceptors (Lipinski definition) is 5. The summed E-state index contributed by atoms with van der Waals surface area (Å²) in [5.41, 5.74) is 0. The molecule has 1 atom stereocenters. The predicted molar refractivity (Wildman–Crippen MR) is 70.8 cm³/mol. The molecule has 0 spiro atoms. The van der Waals surface area contributed by atoms with E-state index < -0.39 is 12.5 Å². The van der Waals surface area contributed by atoms with E-state index in [0.717, 1.165) is 0 Å². The fourth-order valence-corrected chi connectivity index (χ4v) is 1.38. The Morgan fingerprint density at radius 3 is 2.26 bits per heavy atom. The van der Waals surface area contributed by atoms with Gasteiger partial charge in [0.15, 0.2) is 0 Å². The van der Waals surface area contributed by atoms with Gasteiger partial charge in [0.1, 0.15) is 23.6 Å². The van der Waals surface area contributed by atoms with E-state index in [1.54, 1.807) is 6.07 Å². The molecule has 0 aromatic carbocycles. The van der Waals surface area contributed by atoms with Gasteiger partial charge in [0.05, 0.1) is 0 Å². The Morgan fingerprint density at radius 1 is 1.21 bits per heavy atom. The Labute approximate surface area is 111 Å². The third-order valence-corrected chi connectivity index (χ3v) is 2.40. The molecule has 0 radical (unpaired) electrons. The van der Waals surface area contributed by atoms with E-state index >= 15 is 0 Å². The molecule has 5 nitrogen and oxygen atoms in total. The topological polar surface area (TPSA) is 70.1 Å². The highest BCUT2D eigenvalue weighted by Gasteiger charge is 2.17. The maximum atomic E-state index is 12.2. The van der Waals surface area contributed by atoms with E-state index in [1.807, 2.05) is 20.8 Å². The van der Waals surface area contributed by atoms with Crippen LogP contribution in [0.2, 0.25) is 0 Å². The summed E-state index contributed by atoms with van der Waals surface area (Å²) in [6.07, 6.45) is -4.48. The molecule has 1 rings (SSSR count). The third kappa shape index (κ3) is 4.94. The summed E-state index contributed by atoms with van der Waals surface area (Å²) in [7, 11) is 0. The minimum atomic E-state index is -2.77. The van der Waals surface area contributed by atoms with Crippen molar-refractivity contribution in [1.82, 2.24) is 9.97 Å². The Balaban J connectivity index is 2.81. The molecule has 0 bridgehead atoms. The maximum absolute atomic E-state index is 12.2. The number of rotatable bonds is 7. The molecule has 0 aliphatic heterocycles. The highest BCUT2D eigenvalue weighted by Crippen LogP contribution is 2.17. The number of anilines is 2. The summed E-state index contributed by atoms with van der Waals surface area (Å²) in [6.45, 7) is 6.28. The molecule has 1 heterocycles. The minimum Gasteiger partial charge on any atom is -0.385 e. The zero-order valence-electron chi connectivity index (χ0n) is 11.3. The van der Waals surface area contributed by atoms with Crippen LogP contribution in [-0.4, -0.2) is 40.7 Å². The zero-order chi connectivity index (χ0) is 14.4. The fourth-order valence-electron chi connectivity index (χ4n) is 1.38. The molecular formula is C12H20F2N4O. The van der Waals surface area contributed by atoms with Crippen molar-refractivity contribution in [2.75, 3.05) is 23.7 Å². The predicted octanol–water partition coefficient (Wildman–Crippen LogP) is 2.07. The lowest BCUT2D eigenvalue weighted by Gasteiger charge is -2.14. The van der Waals surface area contributed by atoms with Gasteiger partial charge in [-0.1, -0.05) is 13.8 Å². The molecule has 108 valence electrons. The van der Waals surface area contributed by atoms with Crippen LogP contribution in [0.25, 0.3) is 0 Å². The first-order chi connectivity index (χ1) is 8.93. The van der Waals surface area contributed by atoms with Crippen molar-refractivity contribution in [3.05, 3.63) is 11.9 Å². The summed E-state index contributed by atoms with van der Waals surface area (Å²) in [4.78, 5) is 8.54. The highest BCUT2D eigenvalue weighted by molar-refractivity contribution is 5.47. The van der Waals surface area contributed by atoms with E-state index in [9.17, 15) is 8.78 Å². The normalized spacial score (nSPS) is 12.8. The average molecular weight is 274 g/mol. The third-order valence-electron chi connectivity index (χ3n) is 2.40. The number of nitrogens with one attached hydrogen (secondary N) is 2. The van der Waals surface area contributed by atoms with Gasteiger partial charge in [0.25, 0.3) is 6.43 Å². The lowest BCUT2D eigenvalue weighted by molar-refractivity contribution is 0.00380. The fraction of sp³-hybridized carbons (Fsp3) is 0.667. The van der Waals surface area contributed by atoms with Gasteiger partial charge in [-0.05, 0) is 6.92 Å². The Hall–Kier alpha value is -1.50. The lowest BCUT2D eigenvalue weighted by Crippen LogP contribution is -2.27. The van der Waals surface area contributed by atoms with Crippen molar-refractivity contribution in [2.45, 2.75) is 39.2 Å². The van der Waals surface area contributed by atoms with E-state index in [-0.39, 0.29) is 12.5 Å². The lowest BCUT2D eigenvalue weighted by atomic mass is 10.2. The SMILES string of the molecule is CCNc1cc(NCC(O)C(F)F)nc(C(C)C)n1. The highest BCUT2D eigenvalue weighted by atomic mass is 19.3. The Bertz CT molecular complexity index is 401.